The Morgan fingerprint density at radius 3 is 2.40 bits per heavy atom. The van der Waals surface area contributed by atoms with E-state index in [4.69, 9.17) is 0 Å². The molecule has 2 aromatic heterocycles. The molecule has 0 aliphatic heterocycles. The zero-order valence-corrected chi connectivity index (χ0v) is 13.6. The van der Waals surface area contributed by atoms with Crippen LogP contribution in [0.4, 0.5) is 0 Å². The van der Waals surface area contributed by atoms with E-state index in [0.717, 1.165) is 16.7 Å². The number of H-pyrrole nitrogens is 2. The maximum absolute atomic E-state index is 12.1. The summed E-state index contributed by atoms with van der Waals surface area (Å²) in [6, 6.07) is 7.33. The van der Waals surface area contributed by atoms with Gasteiger partial charge in [0.15, 0.2) is 11.6 Å². The Balaban J connectivity index is 1.71. The lowest BCUT2D eigenvalue weighted by atomic mass is 9.99. The first-order valence-electron chi connectivity index (χ1n) is 7.72. The van der Waals surface area contributed by atoms with E-state index in [2.05, 4.69) is 20.2 Å². The number of nitrogens with one attached hydrogen (secondary N) is 2. The molecule has 0 aliphatic carbocycles. The normalized spacial score (nSPS) is 10.6. The Morgan fingerprint density at radius 2 is 1.76 bits per heavy atom. The van der Waals surface area contributed by atoms with E-state index in [1.807, 2.05) is 12.1 Å². The highest BCUT2D eigenvalue weighted by Gasteiger charge is 2.20. The van der Waals surface area contributed by atoms with Crippen molar-refractivity contribution in [3.63, 3.8) is 0 Å². The molecule has 0 saturated carbocycles. The van der Waals surface area contributed by atoms with Crippen molar-refractivity contribution in [1.82, 2.24) is 20.2 Å². The molecule has 7 heteroatoms. The molecular formula is C18H16N4O3. The van der Waals surface area contributed by atoms with Crippen LogP contribution in [0.25, 0.3) is 0 Å². The van der Waals surface area contributed by atoms with Crippen LogP contribution in [0.3, 0.4) is 0 Å². The van der Waals surface area contributed by atoms with Crippen LogP contribution in [0.5, 0.6) is 0 Å². The number of carbonyl (C=O) groups excluding carboxylic acids is 3. The monoisotopic (exact) mass is 336 g/mol. The summed E-state index contributed by atoms with van der Waals surface area (Å²) in [7, 11) is 0. The van der Waals surface area contributed by atoms with Gasteiger partial charge in [0.25, 0.3) is 5.78 Å². The lowest BCUT2D eigenvalue weighted by Gasteiger charge is -2.04. The van der Waals surface area contributed by atoms with Crippen LogP contribution in [-0.2, 0) is 17.6 Å². The van der Waals surface area contributed by atoms with Crippen LogP contribution in [0.2, 0.25) is 0 Å². The van der Waals surface area contributed by atoms with Crippen LogP contribution >= 0.6 is 0 Å². The van der Waals surface area contributed by atoms with E-state index in [0.29, 0.717) is 12.0 Å². The number of benzene rings is 1. The summed E-state index contributed by atoms with van der Waals surface area (Å²) in [5.74, 6) is -1.27. The number of hydrogen-bond acceptors (Lipinski definition) is 5. The second kappa shape index (κ2) is 7.04. The molecule has 25 heavy (non-hydrogen) atoms. The highest BCUT2D eigenvalue weighted by atomic mass is 16.2. The second-order valence-corrected chi connectivity index (χ2v) is 5.70. The molecule has 1 aromatic carbocycles. The van der Waals surface area contributed by atoms with Crippen LogP contribution < -0.4 is 0 Å². The van der Waals surface area contributed by atoms with Gasteiger partial charge in [0, 0.05) is 24.4 Å². The molecule has 0 atom stereocenters. The average Bonchev–Trinajstić information content (AvgIpc) is 3.27. The molecule has 126 valence electrons. The largest absolute Gasteiger partial charge is 0.367 e. The molecular weight excluding hydrogens is 320 g/mol. The first-order chi connectivity index (χ1) is 12.0. The average molecular weight is 336 g/mol. The first kappa shape index (κ1) is 16.5. The third-order valence-corrected chi connectivity index (χ3v) is 3.92. The van der Waals surface area contributed by atoms with Gasteiger partial charge in [0.1, 0.15) is 6.33 Å². The highest BCUT2D eigenvalue weighted by molar-refractivity contribution is 6.43. The molecule has 2 heterocycles. The zero-order chi connectivity index (χ0) is 17.8. The van der Waals surface area contributed by atoms with Crippen molar-refractivity contribution in [3.05, 3.63) is 71.1 Å². The Hall–Kier alpha value is -3.35. The number of aromatic amines is 2. The lowest BCUT2D eigenvalue weighted by molar-refractivity contribution is -0.114. The lowest BCUT2D eigenvalue weighted by Crippen LogP contribution is -2.18. The maximum Gasteiger partial charge on any atom is 0.265 e. The predicted octanol–water partition coefficient (Wildman–Crippen LogP) is 1.92. The summed E-state index contributed by atoms with van der Waals surface area (Å²) in [4.78, 5) is 42.1. The van der Waals surface area contributed by atoms with Crippen LogP contribution in [-0.4, -0.2) is 37.5 Å². The van der Waals surface area contributed by atoms with Gasteiger partial charge >= 0.3 is 0 Å². The van der Waals surface area contributed by atoms with Gasteiger partial charge in [-0.3, -0.25) is 19.5 Å². The third kappa shape index (κ3) is 3.77. The fraction of sp³-hybridized carbons (Fsp3) is 0.167. The van der Waals surface area contributed by atoms with Crippen LogP contribution in [0, 0.1) is 0 Å². The Kier molecular flexibility index (Phi) is 4.65. The predicted molar refractivity (Wildman–Crippen MR) is 89.5 cm³/mol. The Morgan fingerprint density at radius 1 is 1.04 bits per heavy atom. The molecule has 0 fully saturated rings. The molecule has 3 aromatic rings. The van der Waals surface area contributed by atoms with Gasteiger partial charge in [-0.15, -0.1) is 0 Å². The Labute approximate surface area is 143 Å². The summed E-state index contributed by atoms with van der Waals surface area (Å²) in [6.45, 7) is 1.52. The van der Waals surface area contributed by atoms with Crippen LogP contribution in [0.1, 0.15) is 44.6 Å². The van der Waals surface area contributed by atoms with Gasteiger partial charge in [-0.1, -0.05) is 24.3 Å². The Bertz CT molecular complexity index is 908. The maximum atomic E-state index is 12.1. The highest BCUT2D eigenvalue weighted by Crippen LogP contribution is 2.16. The van der Waals surface area contributed by atoms with Gasteiger partial charge < -0.3 is 4.98 Å². The number of Topliss-reactive ketones (excluding diaryl/α,β-unsaturated/α-hetero) is 3. The van der Waals surface area contributed by atoms with Gasteiger partial charge in [0.2, 0.25) is 5.78 Å². The third-order valence-electron chi connectivity index (χ3n) is 3.92. The van der Waals surface area contributed by atoms with Crippen molar-refractivity contribution in [2.24, 2.45) is 0 Å². The van der Waals surface area contributed by atoms with E-state index in [-0.39, 0.29) is 18.0 Å². The summed E-state index contributed by atoms with van der Waals surface area (Å²) in [6.07, 6.45) is 5.29. The number of hydrogen-bond donors (Lipinski definition) is 2. The molecule has 0 saturated heterocycles. The van der Waals surface area contributed by atoms with Crippen molar-refractivity contribution in [2.75, 3.05) is 0 Å². The molecule has 3 rings (SSSR count). The van der Waals surface area contributed by atoms with Crippen molar-refractivity contribution >= 4 is 17.3 Å². The zero-order valence-electron chi connectivity index (χ0n) is 13.6. The minimum absolute atomic E-state index is 0.0100. The van der Waals surface area contributed by atoms with Gasteiger partial charge in [-0.05, 0) is 30.0 Å². The topological polar surface area (TPSA) is 109 Å². The first-order valence-corrected chi connectivity index (χ1v) is 7.72. The van der Waals surface area contributed by atoms with E-state index in [9.17, 15) is 14.4 Å². The molecule has 0 amide bonds. The van der Waals surface area contributed by atoms with Gasteiger partial charge in [0.05, 0.1) is 0 Å². The summed E-state index contributed by atoms with van der Waals surface area (Å²) in [5.41, 5.74) is 3.36. The SMILES string of the molecule is CC(=O)c1ccc(Cc2c[nH]cc2CC(=O)C(=O)c2ncn[nH]2)cc1. The molecule has 0 bridgehead atoms. The summed E-state index contributed by atoms with van der Waals surface area (Å²) in [5, 5.41) is 5.98. The van der Waals surface area contributed by atoms with Crippen molar-refractivity contribution in [1.29, 1.82) is 0 Å². The van der Waals surface area contributed by atoms with Crippen molar-refractivity contribution < 1.29 is 14.4 Å². The number of rotatable bonds is 7. The fourth-order valence-electron chi connectivity index (χ4n) is 2.53. The second-order valence-electron chi connectivity index (χ2n) is 5.70. The quantitative estimate of drug-likeness (QED) is 0.506. The fourth-order valence-corrected chi connectivity index (χ4v) is 2.53. The smallest absolute Gasteiger partial charge is 0.265 e. The van der Waals surface area contributed by atoms with Crippen LogP contribution in [0.15, 0.2) is 43.0 Å². The molecule has 0 aliphatic rings. The minimum atomic E-state index is -0.685. The number of ketones is 3. The van der Waals surface area contributed by atoms with Gasteiger partial charge in [-0.25, -0.2) is 4.98 Å². The van der Waals surface area contributed by atoms with E-state index in [1.54, 1.807) is 24.5 Å². The molecule has 0 radical (unpaired) electrons. The van der Waals surface area contributed by atoms with Crippen molar-refractivity contribution in [2.45, 2.75) is 19.8 Å². The minimum Gasteiger partial charge on any atom is -0.367 e. The molecule has 2 N–H and O–H groups in total. The standard InChI is InChI=1S/C18H16N4O3/c1-11(23)13-4-2-12(3-5-13)6-14-8-19-9-15(14)7-16(24)17(25)18-20-10-21-22-18/h2-5,8-10,19H,6-7H2,1H3,(H,20,21,22). The van der Waals surface area contributed by atoms with E-state index < -0.39 is 11.6 Å². The summed E-state index contributed by atoms with van der Waals surface area (Å²) >= 11 is 0. The molecule has 7 nitrogen and oxygen atoms in total. The van der Waals surface area contributed by atoms with Crippen molar-refractivity contribution in [3.8, 4) is 0 Å². The van der Waals surface area contributed by atoms with E-state index >= 15 is 0 Å². The summed E-state index contributed by atoms with van der Waals surface area (Å²) < 4.78 is 0. The van der Waals surface area contributed by atoms with E-state index in [1.165, 1.54) is 13.3 Å². The molecule has 0 unspecified atom stereocenters. The van der Waals surface area contributed by atoms with Gasteiger partial charge in [-0.2, -0.15) is 5.10 Å². The number of carbonyl (C=O) groups is 3. The number of nitrogens with zero attached hydrogens (tertiary/aromatic N) is 2. The number of aromatic nitrogens is 4. The molecule has 0 spiro atoms.